The number of anilines is 2. The summed E-state index contributed by atoms with van der Waals surface area (Å²) in [6.45, 7) is 2.04. The molecule has 5 nitrogen and oxygen atoms in total. The van der Waals surface area contributed by atoms with Crippen LogP contribution in [-0.4, -0.2) is 28.0 Å². The molecule has 3 heterocycles. The Labute approximate surface area is 112 Å². The van der Waals surface area contributed by atoms with Crippen LogP contribution in [0.25, 0.3) is 11.3 Å². The summed E-state index contributed by atoms with van der Waals surface area (Å²) in [5.74, 6) is 1.33. The molecule has 1 saturated heterocycles. The molecule has 1 aliphatic heterocycles. The molecule has 3 rings (SSSR count). The van der Waals surface area contributed by atoms with Crippen molar-refractivity contribution in [3.05, 3.63) is 30.7 Å². The van der Waals surface area contributed by atoms with Crippen LogP contribution in [0.5, 0.6) is 0 Å². The summed E-state index contributed by atoms with van der Waals surface area (Å²) in [5.41, 5.74) is 7.84. The Hall–Kier alpha value is -2.17. The van der Waals surface area contributed by atoms with Gasteiger partial charge in [-0.3, -0.25) is 4.98 Å². The van der Waals surface area contributed by atoms with E-state index in [2.05, 4.69) is 19.9 Å². The molecule has 5 heteroatoms. The molecule has 2 aromatic heterocycles. The summed E-state index contributed by atoms with van der Waals surface area (Å²) in [4.78, 5) is 15.2. The Bertz CT molecular complexity index is 549. The fourth-order valence-corrected chi connectivity index (χ4v) is 2.41. The number of aromatic nitrogens is 3. The Balaban J connectivity index is 1.89. The third-order valence-corrected chi connectivity index (χ3v) is 3.41. The van der Waals surface area contributed by atoms with E-state index in [1.165, 1.54) is 19.3 Å². The van der Waals surface area contributed by atoms with Crippen LogP contribution >= 0.6 is 0 Å². The van der Waals surface area contributed by atoms with Gasteiger partial charge in [-0.1, -0.05) is 0 Å². The van der Waals surface area contributed by atoms with E-state index in [-0.39, 0.29) is 0 Å². The fourth-order valence-electron chi connectivity index (χ4n) is 2.41. The van der Waals surface area contributed by atoms with Gasteiger partial charge in [0.25, 0.3) is 0 Å². The molecule has 0 saturated carbocycles. The van der Waals surface area contributed by atoms with E-state index in [0.29, 0.717) is 5.82 Å². The van der Waals surface area contributed by atoms with E-state index in [9.17, 15) is 0 Å². The van der Waals surface area contributed by atoms with Crippen molar-refractivity contribution in [3.8, 4) is 11.3 Å². The fraction of sp³-hybridized carbons (Fsp3) is 0.357. The monoisotopic (exact) mass is 255 g/mol. The lowest BCUT2D eigenvalue weighted by atomic mass is 10.1. The van der Waals surface area contributed by atoms with Crippen LogP contribution < -0.4 is 10.6 Å². The number of nitrogens with two attached hydrogens (primary N) is 1. The summed E-state index contributed by atoms with van der Waals surface area (Å²) in [7, 11) is 0. The second-order valence-corrected chi connectivity index (χ2v) is 4.75. The zero-order valence-corrected chi connectivity index (χ0v) is 10.8. The lowest BCUT2D eigenvalue weighted by Gasteiger charge is -2.28. The Kier molecular flexibility index (Phi) is 3.27. The first-order chi connectivity index (χ1) is 9.34. The normalized spacial score (nSPS) is 15.5. The van der Waals surface area contributed by atoms with Gasteiger partial charge in [0, 0.05) is 31.0 Å². The number of nitrogen functional groups attached to an aromatic ring is 1. The van der Waals surface area contributed by atoms with Crippen LogP contribution in [0, 0.1) is 0 Å². The van der Waals surface area contributed by atoms with Crippen LogP contribution in [0.2, 0.25) is 0 Å². The van der Waals surface area contributed by atoms with Crippen molar-refractivity contribution < 1.29 is 0 Å². The molecule has 0 bridgehead atoms. The molecule has 19 heavy (non-hydrogen) atoms. The van der Waals surface area contributed by atoms with Crippen molar-refractivity contribution in [2.45, 2.75) is 19.3 Å². The van der Waals surface area contributed by atoms with Crippen molar-refractivity contribution >= 4 is 11.6 Å². The molecule has 0 unspecified atom stereocenters. The van der Waals surface area contributed by atoms with E-state index in [1.54, 1.807) is 18.6 Å². The number of rotatable bonds is 2. The van der Waals surface area contributed by atoms with Gasteiger partial charge in [-0.2, -0.15) is 0 Å². The van der Waals surface area contributed by atoms with E-state index < -0.39 is 0 Å². The molecule has 0 radical (unpaired) electrons. The number of hydrogen-bond donors (Lipinski definition) is 1. The molecule has 1 aliphatic rings. The second kappa shape index (κ2) is 5.22. The van der Waals surface area contributed by atoms with Gasteiger partial charge >= 0.3 is 0 Å². The molecule has 2 N–H and O–H groups in total. The first kappa shape index (κ1) is 11.9. The number of hydrogen-bond acceptors (Lipinski definition) is 5. The van der Waals surface area contributed by atoms with Crippen molar-refractivity contribution in [1.82, 2.24) is 15.0 Å². The number of pyridine rings is 1. The average Bonchev–Trinajstić information content (AvgIpc) is 2.49. The van der Waals surface area contributed by atoms with Gasteiger partial charge in [0.2, 0.25) is 0 Å². The maximum absolute atomic E-state index is 6.06. The second-order valence-electron chi connectivity index (χ2n) is 4.75. The first-order valence-corrected chi connectivity index (χ1v) is 6.62. The smallest absolute Gasteiger partial charge is 0.171 e. The summed E-state index contributed by atoms with van der Waals surface area (Å²) in [6, 6.07) is 3.81. The predicted octanol–water partition coefficient (Wildman–Crippen LogP) is 2.11. The largest absolute Gasteiger partial charge is 0.381 e. The van der Waals surface area contributed by atoms with E-state index >= 15 is 0 Å². The highest BCUT2D eigenvalue weighted by atomic mass is 15.2. The summed E-state index contributed by atoms with van der Waals surface area (Å²) >= 11 is 0. The van der Waals surface area contributed by atoms with Crippen molar-refractivity contribution in [1.29, 1.82) is 0 Å². The van der Waals surface area contributed by atoms with Crippen molar-refractivity contribution in [2.75, 3.05) is 23.7 Å². The van der Waals surface area contributed by atoms with Crippen molar-refractivity contribution in [2.24, 2.45) is 0 Å². The minimum atomic E-state index is 0.510. The Morgan fingerprint density at radius 3 is 2.47 bits per heavy atom. The van der Waals surface area contributed by atoms with Crippen LogP contribution in [0.4, 0.5) is 11.6 Å². The summed E-state index contributed by atoms with van der Waals surface area (Å²) in [6.07, 6.45) is 8.96. The maximum atomic E-state index is 6.06. The molecule has 0 aromatic carbocycles. The molecule has 2 aromatic rings. The van der Waals surface area contributed by atoms with E-state index in [0.717, 1.165) is 30.2 Å². The molecular formula is C14H17N5. The molecule has 0 aliphatic carbocycles. The zero-order chi connectivity index (χ0) is 13.1. The Morgan fingerprint density at radius 2 is 1.79 bits per heavy atom. The molecule has 0 atom stereocenters. The van der Waals surface area contributed by atoms with Crippen LogP contribution in [-0.2, 0) is 0 Å². The quantitative estimate of drug-likeness (QED) is 0.890. The van der Waals surface area contributed by atoms with Crippen molar-refractivity contribution in [3.63, 3.8) is 0 Å². The lowest BCUT2D eigenvalue weighted by molar-refractivity contribution is 0.573. The summed E-state index contributed by atoms with van der Waals surface area (Å²) in [5, 5.41) is 0. The topological polar surface area (TPSA) is 67.9 Å². The first-order valence-electron chi connectivity index (χ1n) is 6.62. The van der Waals surface area contributed by atoms with Gasteiger partial charge in [-0.05, 0) is 31.4 Å². The third kappa shape index (κ3) is 2.50. The summed E-state index contributed by atoms with van der Waals surface area (Å²) < 4.78 is 0. The van der Waals surface area contributed by atoms with Gasteiger partial charge < -0.3 is 10.6 Å². The lowest BCUT2D eigenvalue weighted by Crippen LogP contribution is -2.31. The highest BCUT2D eigenvalue weighted by molar-refractivity contribution is 5.65. The van der Waals surface area contributed by atoms with Crippen LogP contribution in [0.1, 0.15) is 19.3 Å². The molecular weight excluding hydrogens is 238 g/mol. The third-order valence-electron chi connectivity index (χ3n) is 3.41. The highest BCUT2D eigenvalue weighted by Gasteiger charge is 2.16. The van der Waals surface area contributed by atoms with Gasteiger partial charge in [-0.25, -0.2) is 9.97 Å². The van der Waals surface area contributed by atoms with Gasteiger partial charge in [0.15, 0.2) is 11.6 Å². The maximum Gasteiger partial charge on any atom is 0.171 e. The molecule has 98 valence electrons. The number of piperidine rings is 1. The molecule has 0 spiro atoms. The number of nitrogens with zero attached hydrogens (tertiary/aromatic N) is 4. The average molecular weight is 255 g/mol. The minimum Gasteiger partial charge on any atom is -0.381 e. The Morgan fingerprint density at radius 1 is 1.05 bits per heavy atom. The highest BCUT2D eigenvalue weighted by Crippen LogP contribution is 2.25. The molecule has 0 amide bonds. The predicted molar refractivity (Wildman–Crippen MR) is 75.7 cm³/mol. The van der Waals surface area contributed by atoms with Crippen LogP contribution in [0.15, 0.2) is 30.7 Å². The van der Waals surface area contributed by atoms with Crippen LogP contribution in [0.3, 0.4) is 0 Å². The SMILES string of the molecule is Nc1nc(-c2ccncc2)cnc1N1CCCCC1. The minimum absolute atomic E-state index is 0.510. The van der Waals surface area contributed by atoms with E-state index in [1.807, 2.05) is 12.1 Å². The standard InChI is InChI=1S/C14H17N5/c15-13-14(19-8-2-1-3-9-19)17-10-12(18-13)11-4-6-16-7-5-11/h4-7,10H,1-3,8-9H2,(H2,15,18). The van der Waals surface area contributed by atoms with Gasteiger partial charge in [0.05, 0.1) is 11.9 Å². The van der Waals surface area contributed by atoms with Gasteiger partial charge in [0.1, 0.15) is 0 Å². The molecule has 1 fully saturated rings. The van der Waals surface area contributed by atoms with Gasteiger partial charge in [-0.15, -0.1) is 0 Å². The zero-order valence-electron chi connectivity index (χ0n) is 10.8. The van der Waals surface area contributed by atoms with E-state index in [4.69, 9.17) is 5.73 Å².